The monoisotopic (exact) mass is 328 g/mol. The Hall–Kier alpha value is -2.12. The van der Waals surface area contributed by atoms with E-state index in [4.69, 9.17) is 16.3 Å². The minimum absolute atomic E-state index is 0.0523. The first kappa shape index (κ1) is 17.9. The molecule has 0 radical (unpaired) electrons. The molecule has 1 aromatic carbocycles. The van der Waals surface area contributed by atoms with Crippen molar-refractivity contribution in [3.63, 3.8) is 0 Å². The number of rotatable bonds is 6. The third-order valence-corrected chi connectivity index (χ3v) is 3.16. The second-order valence-electron chi connectivity index (χ2n) is 4.90. The van der Waals surface area contributed by atoms with Crippen LogP contribution < -0.4 is 10.6 Å². The Labute approximate surface area is 132 Å². The van der Waals surface area contributed by atoms with Gasteiger partial charge in [-0.25, -0.2) is 4.79 Å². The van der Waals surface area contributed by atoms with Gasteiger partial charge < -0.3 is 20.5 Å². The number of amides is 2. The zero-order valence-corrected chi connectivity index (χ0v) is 13.2. The molecule has 0 aliphatic carbocycles. The van der Waals surface area contributed by atoms with Crippen molar-refractivity contribution in [1.29, 1.82) is 0 Å². The van der Waals surface area contributed by atoms with Crippen LogP contribution in [0.4, 0.5) is 5.69 Å². The van der Waals surface area contributed by atoms with Crippen molar-refractivity contribution < 1.29 is 24.2 Å². The summed E-state index contributed by atoms with van der Waals surface area (Å²) in [6.07, 6.45) is 0. The largest absolute Gasteiger partial charge is 0.479 e. The Morgan fingerprint density at radius 2 is 2.00 bits per heavy atom. The molecule has 1 rings (SSSR count). The summed E-state index contributed by atoms with van der Waals surface area (Å²) in [4.78, 5) is 34.6. The predicted octanol–water partition coefficient (Wildman–Crippen LogP) is 1.52. The molecule has 0 saturated heterocycles. The zero-order valence-electron chi connectivity index (χ0n) is 12.4. The van der Waals surface area contributed by atoms with Crippen LogP contribution in [0.5, 0.6) is 0 Å². The maximum absolute atomic E-state index is 12.3. The van der Waals surface area contributed by atoms with Crippen LogP contribution in [-0.2, 0) is 14.3 Å². The number of carbonyl (C=O) groups is 3. The zero-order chi connectivity index (χ0) is 16.9. The molecule has 8 heteroatoms. The number of carbonyl (C=O) groups excluding carboxylic acids is 2. The molecule has 22 heavy (non-hydrogen) atoms. The van der Waals surface area contributed by atoms with Gasteiger partial charge in [-0.1, -0.05) is 11.6 Å². The Kier molecular flexibility index (Phi) is 5.90. The van der Waals surface area contributed by atoms with E-state index in [0.29, 0.717) is 5.69 Å². The van der Waals surface area contributed by atoms with Crippen LogP contribution in [0.1, 0.15) is 24.2 Å². The Balaban J connectivity index is 3.06. The van der Waals surface area contributed by atoms with Gasteiger partial charge in [-0.3, -0.25) is 9.59 Å². The summed E-state index contributed by atoms with van der Waals surface area (Å²) in [7, 11) is 1.33. The minimum Gasteiger partial charge on any atom is -0.479 e. The predicted molar refractivity (Wildman–Crippen MR) is 81.1 cm³/mol. The van der Waals surface area contributed by atoms with E-state index in [1.807, 2.05) is 0 Å². The van der Waals surface area contributed by atoms with Crippen molar-refractivity contribution in [3.05, 3.63) is 28.8 Å². The van der Waals surface area contributed by atoms with Crippen LogP contribution >= 0.6 is 11.6 Å². The highest BCUT2D eigenvalue weighted by molar-refractivity contribution is 6.34. The quantitative estimate of drug-likeness (QED) is 0.734. The number of benzene rings is 1. The Morgan fingerprint density at radius 3 is 2.50 bits per heavy atom. The van der Waals surface area contributed by atoms with Gasteiger partial charge in [0.15, 0.2) is 5.54 Å². The summed E-state index contributed by atoms with van der Waals surface area (Å²) in [5, 5.41) is 14.2. The normalized spacial score (nSPS) is 13.1. The van der Waals surface area contributed by atoms with Gasteiger partial charge >= 0.3 is 5.97 Å². The third-order valence-electron chi connectivity index (χ3n) is 2.83. The second kappa shape index (κ2) is 7.24. The summed E-state index contributed by atoms with van der Waals surface area (Å²) in [6, 6.07) is 4.34. The molecule has 0 heterocycles. The standard InChI is InChI=1S/C14H17ClN2O5/c1-8(18)16-9-4-5-11(15)10(6-9)12(19)17-14(2,7-22-3)13(20)21/h4-6H,7H2,1-3H3,(H,16,18)(H,17,19)(H,20,21). The smallest absolute Gasteiger partial charge is 0.331 e. The summed E-state index contributed by atoms with van der Waals surface area (Å²) in [5.41, 5.74) is -1.17. The van der Waals surface area contributed by atoms with E-state index in [0.717, 1.165) is 0 Å². The Morgan fingerprint density at radius 1 is 1.36 bits per heavy atom. The van der Waals surface area contributed by atoms with Crippen molar-refractivity contribution in [2.75, 3.05) is 19.0 Å². The maximum Gasteiger partial charge on any atom is 0.331 e. The molecule has 2 amide bonds. The number of aliphatic carboxylic acids is 1. The van der Waals surface area contributed by atoms with Gasteiger partial charge in [-0.2, -0.15) is 0 Å². The molecule has 3 N–H and O–H groups in total. The highest BCUT2D eigenvalue weighted by Crippen LogP contribution is 2.21. The van der Waals surface area contributed by atoms with Crippen LogP contribution in [0.15, 0.2) is 18.2 Å². The highest BCUT2D eigenvalue weighted by atomic mass is 35.5. The lowest BCUT2D eigenvalue weighted by Gasteiger charge is -2.25. The van der Waals surface area contributed by atoms with Gasteiger partial charge in [0.2, 0.25) is 5.91 Å². The van der Waals surface area contributed by atoms with Crippen molar-refractivity contribution in [2.24, 2.45) is 0 Å². The van der Waals surface area contributed by atoms with E-state index in [2.05, 4.69) is 10.6 Å². The molecule has 7 nitrogen and oxygen atoms in total. The van der Waals surface area contributed by atoms with Gasteiger partial charge in [-0.05, 0) is 25.1 Å². The molecule has 0 saturated carbocycles. The summed E-state index contributed by atoms with van der Waals surface area (Å²) in [5.74, 6) is -2.22. The fourth-order valence-corrected chi connectivity index (χ4v) is 1.94. The number of hydrogen-bond donors (Lipinski definition) is 3. The van der Waals surface area contributed by atoms with Crippen LogP contribution in [-0.4, -0.2) is 42.1 Å². The fourth-order valence-electron chi connectivity index (χ4n) is 1.74. The molecule has 0 aliphatic rings. The SMILES string of the molecule is COCC(C)(NC(=O)c1cc(NC(C)=O)ccc1Cl)C(=O)O. The lowest BCUT2D eigenvalue weighted by atomic mass is 10.0. The Bertz CT molecular complexity index is 605. The van der Waals surface area contributed by atoms with E-state index >= 15 is 0 Å². The van der Waals surface area contributed by atoms with Gasteiger partial charge in [0.25, 0.3) is 5.91 Å². The second-order valence-corrected chi connectivity index (χ2v) is 5.31. The van der Waals surface area contributed by atoms with Gasteiger partial charge in [0.1, 0.15) is 0 Å². The van der Waals surface area contributed by atoms with Crippen molar-refractivity contribution in [1.82, 2.24) is 5.32 Å². The van der Waals surface area contributed by atoms with Crippen LogP contribution in [0, 0.1) is 0 Å². The molecule has 0 aliphatic heterocycles. The van der Waals surface area contributed by atoms with Crippen LogP contribution in [0.3, 0.4) is 0 Å². The van der Waals surface area contributed by atoms with E-state index in [1.54, 1.807) is 0 Å². The van der Waals surface area contributed by atoms with Crippen molar-refractivity contribution in [3.8, 4) is 0 Å². The average Bonchev–Trinajstić information content (AvgIpc) is 2.40. The molecule has 1 atom stereocenters. The number of ether oxygens (including phenoxy) is 1. The first-order valence-electron chi connectivity index (χ1n) is 6.31. The van der Waals surface area contributed by atoms with E-state index in [-0.39, 0.29) is 23.1 Å². The van der Waals surface area contributed by atoms with Crippen molar-refractivity contribution >= 4 is 35.1 Å². The van der Waals surface area contributed by atoms with Gasteiger partial charge in [0, 0.05) is 19.7 Å². The number of carboxylic acids is 1. The lowest BCUT2D eigenvalue weighted by Crippen LogP contribution is -2.55. The topological polar surface area (TPSA) is 105 Å². The number of methoxy groups -OCH3 is 1. The molecular weight excluding hydrogens is 312 g/mol. The molecule has 1 aromatic rings. The summed E-state index contributed by atoms with van der Waals surface area (Å²) in [6.45, 7) is 2.44. The van der Waals surface area contributed by atoms with E-state index < -0.39 is 17.4 Å². The summed E-state index contributed by atoms with van der Waals surface area (Å²) < 4.78 is 4.83. The molecule has 1 unspecified atom stereocenters. The van der Waals surface area contributed by atoms with Crippen LogP contribution in [0.25, 0.3) is 0 Å². The molecule has 120 valence electrons. The molecule has 0 fully saturated rings. The number of hydrogen-bond acceptors (Lipinski definition) is 4. The van der Waals surface area contributed by atoms with Gasteiger partial charge in [-0.15, -0.1) is 0 Å². The van der Waals surface area contributed by atoms with Crippen molar-refractivity contribution in [2.45, 2.75) is 19.4 Å². The first-order valence-corrected chi connectivity index (χ1v) is 6.69. The van der Waals surface area contributed by atoms with E-state index in [1.165, 1.54) is 39.2 Å². The molecular formula is C14H17ClN2O5. The molecule has 0 bridgehead atoms. The minimum atomic E-state index is -1.60. The first-order chi connectivity index (χ1) is 10.2. The number of carboxylic acid groups (broad SMARTS) is 1. The number of nitrogens with one attached hydrogen (secondary N) is 2. The average molecular weight is 329 g/mol. The maximum atomic E-state index is 12.3. The molecule has 0 aromatic heterocycles. The fraction of sp³-hybridized carbons (Fsp3) is 0.357. The number of anilines is 1. The highest BCUT2D eigenvalue weighted by Gasteiger charge is 2.35. The summed E-state index contributed by atoms with van der Waals surface area (Å²) >= 11 is 5.96. The third kappa shape index (κ3) is 4.44. The van der Waals surface area contributed by atoms with E-state index in [9.17, 15) is 19.5 Å². The molecule has 0 spiro atoms. The number of halogens is 1. The lowest BCUT2D eigenvalue weighted by molar-refractivity contribution is -0.145. The van der Waals surface area contributed by atoms with Crippen LogP contribution in [0.2, 0.25) is 5.02 Å². The van der Waals surface area contributed by atoms with Gasteiger partial charge in [0.05, 0.1) is 17.2 Å².